The second-order valence-corrected chi connectivity index (χ2v) is 10.8. The van der Waals surface area contributed by atoms with Gasteiger partial charge in [0.05, 0.1) is 24.5 Å². The summed E-state index contributed by atoms with van der Waals surface area (Å²) in [6.45, 7) is 6.23. The van der Waals surface area contributed by atoms with Crippen LogP contribution in [0.4, 0.5) is 10.7 Å². The number of nitrogens with zero attached hydrogens (tertiary/aromatic N) is 2. The SMILES string of the molecule is COC(=O)c1c(N2C(=O)[C@@H]3[C@H]4CCCN4[C@@]4(C(=O)Nc5c(C)cccc54)[C@@H]3C2=O)sc(C)c1C. The molecule has 9 heteroatoms. The van der Waals surface area contributed by atoms with Crippen molar-refractivity contribution < 1.29 is 23.9 Å². The van der Waals surface area contributed by atoms with Gasteiger partial charge >= 0.3 is 5.97 Å². The van der Waals surface area contributed by atoms with Gasteiger partial charge in [-0.25, -0.2) is 9.69 Å². The number of fused-ring (bicyclic) bond motifs is 7. The molecule has 1 N–H and O–H groups in total. The van der Waals surface area contributed by atoms with Crippen molar-refractivity contribution >= 4 is 45.7 Å². The van der Waals surface area contributed by atoms with Gasteiger partial charge in [0.25, 0.3) is 0 Å². The van der Waals surface area contributed by atoms with Crippen LogP contribution in [0.15, 0.2) is 18.2 Å². The number of rotatable bonds is 2. The molecule has 1 aromatic carbocycles. The number of nitrogens with one attached hydrogen (secondary N) is 1. The van der Waals surface area contributed by atoms with Crippen LogP contribution in [0, 0.1) is 32.6 Å². The molecular weight excluding hydrogens is 454 g/mol. The molecule has 1 spiro atoms. The van der Waals surface area contributed by atoms with Crippen LogP contribution in [0.1, 0.15) is 44.8 Å². The van der Waals surface area contributed by atoms with E-state index in [-0.39, 0.29) is 23.4 Å². The molecule has 4 aliphatic heterocycles. The lowest BCUT2D eigenvalue weighted by Gasteiger charge is -2.36. The fourth-order valence-electron chi connectivity index (χ4n) is 6.69. The highest BCUT2D eigenvalue weighted by molar-refractivity contribution is 7.17. The average molecular weight is 480 g/mol. The topological polar surface area (TPSA) is 96.0 Å². The van der Waals surface area contributed by atoms with Crippen molar-refractivity contribution in [3.05, 3.63) is 45.3 Å². The summed E-state index contributed by atoms with van der Waals surface area (Å²) < 4.78 is 4.98. The Morgan fingerprint density at radius 1 is 1.18 bits per heavy atom. The lowest BCUT2D eigenvalue weighted by atomic mass is 9.75. The Kier molecular flexibility index (Phi) is 4.42. The van der Waals surface area contributed by atoms with E-state index >= 15 is 0 Å². The van der Waals surface area contributed by atoms with Crippen molar-refractivity contribution in [1.29, 1.82) is 0 Å². The van der Waals surface area contributed by atoms with Crippen LogP contribution in [-0.2, 0) is 24.7 Å². The monoisotopic (exact) mass is 479 g/mol. The van der Waals surface area contributed by atoms with Crippen molar-refractivity contribution in [3.63, 3.8) is 0 Å². The number of carbonyl (C=O) groups is 4. The van der Waals surface area contributed by atoms with Crippen LogP contribution in [0.25, 0.3) is 0 Å². The Morgan fingerprint density at radius 2 is 1.94 bits per heavy atom. The van der Waals surface area contributed by atoms with Crippen molar-refractivity contribution in [2.75, 3.05) is 23.9 Å². The summed E-state index contributed by atoms with van der Waals surface area (Å²) in [7, 11) is 1.29. The van der Waals surface area contributed by atoms with Gasteiger partial charge in [-0.05, 0) is 51.3 Å². The normalized spacial score (nSPS) is 29.6. The van der Waals surface area contributed by atoms with Crippen molar-refractivity contribution in [3.8, 4) is 0 Å². The van der Waals surface area contributed by atoms with Gasteiger partial charge in [-0.15, -0.1) is 11.3 Å². The first-order valence-corrected chi connectivity index (χ1v) is 12.3. The van der Waals surface area contributed by atoms with Crippen LogP contribution in [-0.4, -0.2) is 48.3 Å². The molecule has 0 bridgehead atoms. The number of imide groups is 1. The second-order valence-electron chi connectivity index (χ2n) is 9.59. The second kappa shape index (κ2) is 6.99. The number of hydrogen-bond donors (Lipinski definition) is 1. The number of benzene rings is 1. The number of thiophene rings is 1. The summed E-state index contributed by atoms with van der Waals surface area (Å²) in [5.41, 5.74) is 2.15. The number of aryl methyl sites for hydroxylation is 2. The lowest BCUT2D eigenvalue weighted by molar-refractivity contribution is -0.135. The lowest BCUT2D eigenvalue weighted by Crippen LogP contribution is -2.54. The molecule has 5 heterocycles. The fraction of sp³-hybridized carbons (Fsp3) is 0.440. The van der Waals surface area contributed by atoms with Gasteiger partial charge in [-0.3, -0.25) is 19.3 Å². The minimum Gasteiger partial charge on any atom is -0.465 e. The van der Waals surface area contributed by atoms with Gasteiger partial charge in [-0.2, -0.15) is 0 Å². The first kappa shape index (κ1) is 21.5. The maximum atomic E-state index is 14.2. The van der Waals surface area contributed by atoms with E-state index in [0.29, 0.717) is 17.1 Å². The maximum Gasteiger partial charge on any atom is 0.341 e. The maximum absolute atomic E-state index is 14.2. The van der Waals surface area contributed by atoms with Crippen molar-refractivity contribution in [2.24, 2.45) is 11.8 Å². The Hall–Kier alpha value is -3.04. The Balaban J connectivity index is 1.56. The summed E-state index contributed by atoms with van der Waals surface area (Å²) in [6, 6.07) is 5.53. The molecule has 0 unspecified atom stereocenters. The summed E-state index contributed by atoms with van der Waals surface area (Å²) in [5.74, 6) is -3.05. The summed E-state index contributed by atoms with van der Waals surface area (Å²) in [4.78, 5) is 58.6. The van der Waals surface area contributed by atoms with E-state index < -0.39 is 29.3 Å². The van der Waals surface area contributed by atoms with E-state index in [9.17, 15) is 19.2 Å². The first-order valence-electron chi connectivity index (χ1n) is 11.5. The average Bonchev–Trinajstić information content (AvgIpc) is 3.56. The number of amides is 3. The van der Waals surface area contributed by atoms with Crippen LogP contribution >= 0.6 is 11.3 Å². The van der Waals surface area contributed by atoms with Crippen molar-refractivity contribution in [1.82, 2.24) is 4.90 Å². The van der Waals surface area contributed by atoms with Gasteiger partial charge in [-0.1, -0.05) is 18.2 Å². The highest BCUT2D eigenvalue weighted by atomic mass is 32.1. The number of para-hydroxylation sites is 1. The molecular formula is C25H25N3O5S. The number of esters is 1. The van der Waals surface area contributed by atoms with E-state index in [2.05, 4.69) is 10.2 Å². The number of anilines is 2. The minimum absolute atomic E-state index is 0.201. The molecule has 3 fully saturated rings. The number of methoxy groups -OCH3 is 1. The van der Waals surface area contributed by atoms with Crippen LogP contribution in [0.2, 0.25) is 0 Å². The molecule has 6 rings (SSSR count). The molecule has 3 amide bonds. The van der Waals surface area contributed by atoms with E-state index in [1.165, 1.54) is 23.3 Å². The third kappa shape index (κ3) is 2.31. The molecule has 8 nitrogen and oxygen atoms in total. The summed E-state index contributed by atoms with van der Waals surface area (Å²) in [5, 5.41) is 3.33. The number of hydrogen-bond acceptors (Lipinski definition) is 7. The molecule has 0 saturated carbocycles. The van der Waals surface area contributed by atoms with Crippen LogP contribution in [0.3, 0.4) is 0 Å². The highest BCUT2D eigenvalue weighted by Gasteiger charge is 2.75. The van der Waals surface area contributed by atoms with Gasteiger partial charge in [0.1, 0.15) is 10.5 Å². The van der Waals surface area contributed by atoms with Gasteiger partial charge in [0.2, 0.25) is 17.7 Å². The number of carbonyl (C=O) groups excluding carboxylic acids is 4. The summed E-state index contributed by atoms with van der Waals surface area (Å²) >= 11 is 1.24. The van der Waals surface area contributed by atoms with Crippen LogP contribution < -0.4 is 10.2 Å². The summed E-state index contributed by atoms with van der Waals surface area (Å²) in [6.07, 6.45) is 1.60. The standard InChI is InChI=1S/C25H25N3O5S/c1-11-7-5-8-14-19(11)26-24(32)25(14)18-17(15-9-6-10-27(15)25)20(29)28(21(18)30)22-16(23(31)33-4)12(2)13(3)34-22/h5,7-8,15,17-18H,6,9-10H2,1-4H3,(H,26,32)/t15-,17-,18+,25-/m1/s1. The highest BCUT2D eigenvalue weighted by Crippen LogP contribution is 2.61. The molecule has 0 aliphatic carbocycles. The van der Waals surface area contributed by atoms with Crippen LogP contribution in [0.5, 0.6) is 0 Å². The first-order chi connectivity index (χ1) is 16.2. The Bertz CT molecular complexity index is 1320. The van der Waals surface area contributed by atoms with E-state index in [1.807, 2.05) is 32.0 Å². The van der Waals surface area contributed by atoms with Gasteiger partial charge in [0.15, 0.2) is 0 Å². The third-order valence-electron chi connectivity index (χ3n) is 8.20. The molecule has 4 aliphatic rings. The number of ether oxygens (including phenoxy) is 1. The quantitative estimate of drug-likeness (QED) is 0.526. The Morgan fingerprint density at radius 3 is 2.68 bits per heavy atom. The van der Waals surface area contributed by atoms with Gasteiger partial charge < -0.3 is 10.1 Å². The molecule has 2 aromatic rings. The zero-order valence-corrected chi connectivity index (χ0v) is 20.2. The predicted octanol–water partition coefficient (Wildman–Crippen LogP) is 2.89. The molecule has 4 atom stereocenters. The van der Waals surface area contributed by atoms with Crippen molar-refractivity contribution in [2.45, 2.75) is 45.2 Å². The smallest absolute Gasteiger partial charge is 0.341 e. The fourth-order valence-corrected chi connectivity index (χ4v) is 7.84. The van der Waals surface area contributed by atoms with E-state index in [0.717, 1.165) is 34.5 Å². The third-order valence-corrected chi connectivity index (χ3v) is 9.39. The molecule has 0 radical (unpaired) electrons. The molecule has 1 aromatic heterocycles. The zero-order valence-electron chi connectivity index (χ0n) is 19.4. The molecule has 176 valence electrons. The minimum atomic E-state index is -1.22. The molecule has 34 heavy (non-hydrogen) atoms. The van der Waals surface area contributed by atoms with E-state index in [4.69, 9.17) is 4.74 Å². The largest absolute Gasteiger partial charge is 0.465 e. The molecule has 3 saturated heterocycles. The Labute approximate surface area is 200 Å². The zero-order chi connectivity index (χ0) is 24.1. The van der Waals surface area contributed by atoms with Gasteiger partial charge in [0, 0.05) is 22.2 Å². The predicted molar refractivity (Wildman–Crippen MR) is 126 cm³/mol. The van der Waals surface area contributed by atoms with E-state index in [1.54, 1.807) is 6.92 Å².